The molecule has 0 aromatic heterocycles. The molecule has 0 radical (unpaired) electrons. The number of hydrogen-bond donors (Lipinski definition) is 2. The van der Waals surface area contributed by atoms with Crippen molar-refractivity contribution < 1.29 is 0 Å². The minimum absolute atomic E-state index is 0.683. The number of rotatable bonds is 4. The van der Waals surface area contributed by atoms with Gasteiger partial charge in [0.15, 0.2) is 0 Å². The van der Waals surface area contributed by atoms with E-state index in [-0.39, 0.29) is 0 Å². The van der Waals surface area contributed by atoms with Gasteiger partial charge in [-0.2, -0.15) is 0 Å². The number of nitrogen functional groups attached to an aromatic ring is 2. The summed E-state index contributed by atoms with van der Waals surface area (Å²) in [4.78, 5) is 0. The lowest BCUT2D eigenvalue weighted by atomic mass is 10.0. The van der Waals surface area contributed by atoms with Crippen LogP contribution in [0.1, 0.15) is 17.5 Å². The Bertz CT molecular complexity index is 478. The van der Waals surface area contributed by atoms with Crippen molar-refractivity contribution in [3.8, 4) is 0 Å². The third kappa shape index (κ3) is 3.00. The number of aryl methyl sites for hydroxylation is 2. The van der Waals surface area contributed by atoms with Crippen molar-refractivity contribution in [2.45, 2.75) is 19.3 Å². The number of para-hydroxylation sites is 1. The monoisotopic (exact) mass is 226 g/mol. The lowest BCUT2D eigenvalue weighted by Crippen LogP contribution is -2.00. The van der Waals surface area contributed by atoms with E-state index in [9.17, 15) is 0 Å². The van der Waals surface area contributed by atoms with Gasteiger partial charge in [-0.1, -0.05) is 42.5 Å². The first-order chi connectivity index (χ1) is 8.27. The van der Waals surface area contributed by atoms with Crippen LogP contribution in [0, 0.1) is 0 Å². The second-order valence-electron chi connectivity index (χ2n) is 4.26. The van der Waals surface area contributed by atoms with E-state index in [0.717, 1.165) is 30.5 Å². The topological polar surface area (TPSA) is 52.0 Å². The van der Waals surface area contributed by atoms with Crippen LogP contribution >= 0.6 is 0 Å². The van der Waals surface area contributed by atoms with E-state index in [2.05, 4.69) is 30.3 Å². The molecule has 17 heavy (non-hydrogen) atoms. The van der Waals surface area contributed by atoms with Gasteiger partial charge >= 0.3 is 0 Å². The summed E-state index contributed by atoms with van der Waals surface area (Å²) in [5.41, 5.74) is 15.7. The Hall–Kier alpha value is -1.96. The maximum absolute atomic E-state index is 5.94. The Morgan fingerprint density at radius 1 is 0.765 bits per heavy atom. The summed E-state index contributed by atoms with van der Waals surface area (Å²) in [6.45, 7) is 0. The molecule has 0 saturated carbocycles. The lowest BCUT2D eigenvalue weighted by molar-refractivity contribution is 0.822. The van der Waals surface area contributed by atoms with Crippen LogP contribution in [0.5, 0.6) is 0 Å². The van der Waals surface area contributed by atoms with Gasteiger partial charge in [-0.15, -0.1) is 0 Å². The number of anilines is 2. The zero-order valence-electron chi connectivity index (χ0n) is 9.89. The highest BCUT2D eigenvalue weighted by Gasteiger charge is 2.02. The van der Waals surface area contributed by atoms with Crippen LogP contribution in [-0.2, 0) is 12.8 Å². The fraction of sp³-hybridized carbons (Fsp3) is 0.200. The SMILES string of the molecule is Nc1cccc(CCCc2ccccc2)c1N. The van der Waals surface area contributed by atoms with Gasteiger partial charge in [0.1, 0.15) is 0 Å². The molecule has 0 aliphatic heterocycles. The quantitative estimate of drug-likeness (QED) is 0.787. The molecule has 0 fully saturated rings. The number of hydrogen-bond acceptors (Lipinski definition) is 2. The Kier molecular flexibility index (Phi) is 3.66. The first kappa shape index (κ1) is 11.5. The summed E-state index contributed by atoms with van der Waals surface area (Å²) < 4.78 is 0. The van der Waals surface area contributed by atoms with Crippen molar-refractivity contribution in [2.75, 3.05) is 11.5 Å². The predicted molar refractivity (Wildman–Crippen MR) is 73.7 cm³/mol. The summed E-state index contributed by atoms with van der Waals surface area (Å²) in [6.07, 6.45) is 3.15. The summed E-state index contributed by atoms with van der Waals surface area (Å²) in [6, 6.07) is 16.4. The minimum atomic E-state index is 0.683. The van der Waals surface area contributed by atoms with Gasteiger partial charge in [-0.3, -0.25) is 0 Å². The van der Waals surface area contributed by atoms with Crippen molar-refractivity contribution >= 4 is 11.4 Å². The van der Waals surface area contributed by atoms with E-state index < -0.39 is 0 Å². The Morgan fingerprint density at radius 2 is 1.53 bits per heavy atom. The summed E-state index contributed by atoms with van der Waals surface area (Å²) in [5.74, 6) is 0. The zero-order valence-corrected chi connectivity index (χ0v) is 9.89. The molecule has 2 aromatic carbocycles. The van der Waals surface area contributed by atoms with Crippen LogP contribution in [0.25, 0.3) is 0 Å². The van der Waals surface area contributed by atoms with E-state index in [1.807, 2.05) is 18.2 Å². The third-order valence-corrected chi connectivity index (χ3v) is 2.98. The molecule has 0 atom stereocenters. The highest BCUT2D eigenvalue weighted by Crippen LogP contribution is 2.21. The van der Waals surface area contributed by atoms with Gasteiger partial charge in [0, 0.05) is 0 Å². The highest BCUT2D eigenvalue weighted by atomic mass is 14.7. The van der Waals surface area contributed by atoms with E-state index in [1.54, 1.807) is 0 Å². The molecule has 2 nitrogen and oxygen atoms in total. The van der Waals surface area contributed by atoms with Crippen LogP contribution in [-0.4, -0.2) is 0 Å². The molecule has 4 N–H and O–H groups in total. The summed E-state index contributed by atoms with van der Waals surface area (Å²) >= 11 is 0. The van der Waals surface area contributed by atoms with Crippen LogP contribution in [0.3, 0.4) is 0 Å². The van der Waals surface area contributed by atoms with Gasteiger partial charge in [0.25, 0.3) is 0 Å². The first-order valence-corrected chi connectivity index (χ1v) is 5.94. The third-order valence-electron chi connectivity index (χ3n) is 2.98. The molecule has 0 saturated heterocycles. The van der Waals surface area contributed by atoms with Crippen LogP contribution in [0.4, 0.5) is 11.4 Å². The maximum atomic E-state index is 5.94. The van der Waals surface area contributed by atoms with Crippen molar-refractivity contribution in [3.05, 3.63) is 59.7 Å². The van der Waals surface area contributed by atoms with Crippen molar-refractivity contribution in [1.82, 2.24) is 0 Å². The van der Waals surface area contributed by atoms with Crippen molar-refractivity contribution in [2.24, 2.45) is 0 Å². The first-order valence-electron chi connectivity index (χ1n) is 5.94. The average molecular weight is 226 g/mol. The number of nitrogens with two attached hydrogens (primary N) is 2. The predicted octanol–water partition coefficient (Wildman–Crippen LogP) is 3.03. The molecule has 0 amide bonds. The number of benzene rings is 2. The second-order valence-corrected chi connectivity index (χ2v) is 4.26. The average Bonchev–Trinajstić information content (AvgIpc) is 2.36. The Morgan fingerprint density at radius 3 is 2.29 bits per heavy atom. The highest BCUT2D eigenvalue weighted by molar-refractivity contribution is 5.67. The smallest absolute Gasteiger partial charge is 0.0580 e. The largest absolute Gasteiger partial charge is 0.397 e. The standard InChI is InChI=1S/C15H18N2/c16-14-11-5-10-13(15(14)17)9-4-8-12-6-2-1-3-7-12/h1-3,5-7,10-11H,4,8-9,16-17H2. The Labute approximate surface area is 102 Å². The maximum Gasteiger partial charge on any atom is 0.0580 e. The van der Waals surface area contributed by atoms with Crippen LogP contribution in [0.2, 0.25) is 0 Å². The van der Waals surface area contributed by atoms with E-state index in [0.29, 0.717) is 5.69 Å². The summed E-state index contributed by atoms with van der Waals surface area (Å²) in [7, 11) is 0. The molecule has 2 heteroatoms. The van der Waals surface area contributed by atoms with E-state index >= 15 is 0 Å². The molecule has 2 aromatic rings. The Balaban J connectivity index is 1.93. The van der Waals surface area contributed by atoms with E-state index in [1.165, 1.54) is 5.56 Å². The molecular formula is C15H18N2. The molecule has 0 bridgehead atoms. The fourth-order valence-electron chi connectivity index (χ4n) is 1.98. The van der Waals surface area contributed by atoms with Gasteiger partial charge in [0.05, 0.1) is 11.4 Å². The fourth-order valence-corrected chi connectivity index (χ4v) is 1.98. The van der Waals surface area contributed by atoms with Gasteiger partial charge < -0.3 is 11.5 Å². The second kappa shape index (κ2) is 5.39. The molecule has 2 rings (SSSR count). The van der Waals surface area contributed by atoms with Crippen molar-refractivity contribution in [3.63, 3.8) is 0 Å². The van der Waals surface area contributed by atoms with Gasteiger partial charge in [0.2, 0.25) is 0 Å². The molecule has 0 heterocycles. The zero-order chi connectivity index (χ0) is 12.1. The van der Waals surface area contributed by atoms with Crippen molar-refractivity contribution in [1.29, 1.82) is 0 Å². The minimum Gasteiger partial charge on any atom is -0.397 e. The van der Waals surface area contributed by atoms with Crippen LogP contribution in [0.15, 0.2) is 48.5 Å². The van der Waals surface area contributed by atoms with E-state index in [4.69, 9.17) is 11.5 Å². The van der Waals surface area contributed by atoms with Crippen LogP contribution < -0.4 is 11.5 Å². The molecule has 0 aliphatic rings. The molecular weight excluding hydrogens is 208 g/mol. The molecule has 0 unspecified atom stereocenters. The normalized spacial score (nSPS) is 10.4. The lowest BCUT2D eigenvalue weighted by Gasteiger charge is -2.07. The van der Waals surface area contributed by atoms with Gasteiger partial charge in [-0.25, -0.2) is 0 Å². The molecule has 0 spiro atoms. The molecule has 88 valence electrons. The summed E-state index contributed by atoms with van der Waals surface area (Å²) in [5, 5.41) is 0. The molecule has 0 aliphatic carbocycles. The van der Waals surface area contributed by atoms with Gasteiger partial charge in [-0.05, 0) is 36.5 Å².